The van der Waals surface area contributed by atoms with Gasteiger partial charge in [-0.3, -0.25) is 10.1 Å². The molecule has 7 nitrogen and oxygen atoms in total. The zero-order chi connectivity index (χ0) is 16.4. The van der Waals surface area contributed by atoms with Crippen molar-refractivity contribution in [2.24, 2.45) is 5.92 Å². The average Bonchev–Trinajstić information content (AvgIpc) is 2.36. The summed E-state index contributed by atoms with van der Waals surface area (Å²) in [5.41, 5.74) is -0.663. The molecule has 2 N–H and O–H groups in total. The lowest BCUT2D eigenvalue weighted by atomic mass is 10.1. The van der Waals surface area contributed by atoms with Crippen LogP contribution in [0.25, 0.3) is 0 Å². The van der Waals surface area contributed by atoms with Crippen LogP contribution in [0.15, 0.2) is 17.0 Å². The second-order valence-corrected chi connectivity index (χ2v) is 7.00. The zero-order valence-electron chi connectivity index (χ0n) is 11.2. The Bertz CT molecular complexity index is 650. The molecule has 0 aliphatic rings. The first kappa shape index (κ1) is 18.1. The highest BCUT2D eigenvalue weighted by atomic mass is 35.5. The monoisotopic (exact) mass is 356 g/mol. The highest BCUT2D eigenvalue weighted by Gasteiger charge is 2.29. The molecule has 1 aromatic carbocycles. The molecule has 21 heavy (non-hydrogen) atoms. The fourth-order valence-corrected chi connectivity index (χ4v) is 3.72. The minimum Gasteiger partial charge on any atom is -0.396 e. The molecule has 0 saturated carbocycles. The van der Waals surface area contributed by atoms with Crippen LogP contribution in [-0.2, 0) is 10.0 Å². The van der Waals surface area contributed by atoms with E-state index in [-0.39, 0.29) is 17.5 Å². The standard InChI is InChI=1S/C11H14Cl2N2O5S/c1-6(5-16)7(2)14-21(19,20)9-4-3-8(12)11(10(9)13)15(17)18/h3-4,6-7,14,16H,5H2,1-2H3. The smallest absolute Gasteiger partial charge is 0.307 e. The number of aliphatic hydroxyl groups is 1. The largest absolute Gasteiger partial charge is 0.396 e. The lowest BCUT2D eigenvalue weighted by Gasteiger charge is -2.19. The molecule has 0 amide bonds. The second-order valence-electron chi connectivity index (χ2n) is 4.54. The van der Waals surface area contributed by atoms with Gasteiger partial charge in [0.05, 0.1) is 4.92 Å². The van der Waals surface area contributed by atoms with Gasteiger partial charge in [-0.05, 0) is 25.0 Å². The summed E-state index contributed by atoms with van der Waals surface area (Å²) in [6.07, 6.45) is 0. The van der Waals surface area contributed by atoms with Crippen molar-refractivity contribution in [3.05, 3.63) is 32.3 Å². The van der Waals surface area contributed by atoms with Crippen molar-refractivity contribution in [1.82, 2.24) is 4.72 Å². The first-order valence-electron chi connectivity index (χ1n) is 5.87. The molecule has 0 radical (unpaired) electrons. The van der Waals surface area contributed by atoms with Gasteiger partial charge in [0.15, 0.2) is 0 Å². The Hall–Kier alpha value is -0.930. The fourth-order valence-electron chi connectivity index (χ4n) is 1.48. The van der Waals surface area contributed by atoms with Crippen LogP contribution in [0.2, 0.25) is 10.0 Å². The van der Waals surface area contributed by atoms with Crippen LogP contribution in [0.1, 0.15) is 13.8 Å². The SMILES string of the molecule is CC(CO)C(C)NS(=O)(=O)c1ccc(Cl)c([N+](=O)[O-])c1Cl. The number of hydrogen-bond acceptors (Lipinski definition) is 5. The van der Waals surface area contributed by atoms with Crippen LogP contribution in [-0.4, -0.2) is 31.1 Å². The van der Waals surface area contributed by atoms with Gasteiger partial charge in [-0.2, -0.15) is 0 Å². The number of nitro groups is 1. The molecule has 0 aliphatic heterocycles. The van der Waals surface area contributed by atoms with Gasteiger partial charge in [0.1, 0.15) is 14.9 Å². The first-order chi connectivity index (χ1) is 9.61. The van der Waals surface area contributed by atoms with Gasteiger partial charge >= 0.3 is 5.69 Å². The van der Waals surface area contributed by atoms with E-state index in [2.05, 4.69) is 4.72 Å². The molecule has 0 aromatic heterocycles. The molecule has 2 unspecified atom stereocenters. The summed E-state index contributed by atoms with van der Waals surface area (Å²) >= 11 is 11.4. The van der Waals surface area contributed by atoms with Crippen LogP contribution in [0.3, 0.4) is 0 Å². The third-order valence-electron chi connectivity index (χ3n) is 2.99. The predicted molar refractivity (Wildman–Crippen MR) is 79.1 cm³/mol. The van der Waals surface area contributed by atoms with Crippen molar-refractivity contribution >= 4 is 38.9 Å². The molecule has 0 spiro atoms. The average molecular weight is 357 g/mol. The van der Waals surface area contributed by atoms with Gasteiger partial charge in [-0.25, -0.2) is 13.1 Å². The Morgan fingerprint density at radius 1 is 1.38 bits per heavy atom. The van der Waals surface area contributed by atoms with Gasteiger partial charge in [0.2, 0.25) is 10.0 Å². The summed E-state index contributed by atoms with van der Waals surface area (Å²) in [6.45, 7) is 3.01. The van der Waals surface area contributed by atoms with Crippen molar-refractivity contribution < 1.29 is 18.4 Å². The molecule has 10 heteroatoms. The number of nitro benzene ring substituents is 1. The number of nitrogens with one attached hydrogen (secondary N) is 1. The fraction of sp³-hybridized carbons (Fsp3) is 0.455. The molecular weight excluding hydrogens is 343 g/mol. The molecule has 1 rings (SSSR count). The Labute approximate surface area is 132 Å². The molecule has 1 aromatic rings. The maximum atomic E-state index is 12.2. The van der Waals surface area contributed by atoms with Gasteiger partial charge in [0, 0.05) is 12.6 Å². The first-order valence-corrected chi connectivity index (χ1v) is 8.11. The molecule has 0 heterocycles. The Morgan fingerprint density at radius 3 is 2.43 bits per heavy atom. The van der Waals surface area contributed by atoms with E-state index >= 15 is 0 Å². The van der Waals surface area contributed by atoms with E-state index in [1.54, 1.807) is 13.8 Å². The summed E-state index contributed by atoms with van der Waals surface area (Å²) < 4.78 is 26.8. The van der Waals surface area contributed by atoms with Gasteiger partial charge in [0.25, 0.3) is 0 Å². The summed E-state index contributed by atoms with van der Waals surface area (Å²) in [7, 11) is -4.07. The zero-order valence-corrected chi connectivity index (χ0v) is 13.5. The van der Waals surface area contributed by atoms with Crippen LogP contribution in [0, 0.1) is 16.0 Å². The van der Waals surface area contributed by atoms with E-state index in [4.69, 9.17) is 28.3 Å². The summed E-state index contributed by atoms with van der Waals surface area (Å²) in [4.78, 5) is 9.61. The number of hydrogen-bond donors (Lipinski definition) is 2. The van der Waals surface area contributed by atoms with Crippen LogP contribution in [0.4, 0.5) is 5.69 Å². The summed E-state index contributed by atoms with van der Waals surface area (Å²) in [5, 5.41) is 19.1. The Kier molecular flexibility index (Phi) is 5.94. The van der Waals surface area contributed by atoms with Gasteiger partial charge < -0.3 is 5.11 Å². The highest BCUT2D eigenvalue weighted by Crippen LogP contribution is 2.37. The number of aliphatic hydroxyl groups excluding tert-OH is 1. The summed E-state index contributed by atoms with van der Waals surface area (Å²) in [6, 6.07) is 1.61. The lowest BCUT2D eigenvalue weighted by molar-refractivity contribution is -0.384. The lowest BCUT2D eigenvalue weighted by Crippen LogP contribution is -2.38. The van der Waals surface area contributed by atoms with Crippen molar-refractivity contribution in [2.45, 2.75) is 24.8 Å². The molecule has 118 valence electrons. The second kappa shape index (κ2) is 6.89. The molecule has 0 aliphatic carbocycles. The third kappa shape index (κ3) is 4.04. The Morgan fingerprint density at radius 2 is 1.95 bits per heavy atom. The minimum atomic E-state index is -4.07. The van der Waals surface area contributed by atoms with Crippen LogP contribution < -0.4 is 4.72 Å². The summed E-state index contributed by atoms with van der Waals surface area (Å²) in [5.74, 6) is -0.333. The van der Waals surface area contributed by atoms with Crippen molar-refractivity contribution in [2.75, 3.05) is 6.61 Å². The molecule has 2 atom stereocenters. The van der Waals surface area contributed by atoms with E-state index in [1.807, 2.05) is 0 Å². The Balaban J connectivity index is 3.27. The van der Waals surface area contributed by atoms with Gasteiger partial charge in [-0.15, -0.1) is 0 Å². The predicted octanol–water partition coefficient (Wildman–Crippen LogP) is 2.20. The van der Waals surface area contributed by atoms with Crippen molar-refractivity contribution in [1.29, 1.82) is 0 Å². The molecule has 0 bridgehead atoms. The highest BCUT2D eigenvalue weighted by molar-refractivity contribution is 7.89. The maximum Gasteiger partial charge on any atom is 0.307 e. The van der Waals surface area contributed by atoms with E-state index in [9.17, 15) is 18.5 Å². The quantitative estimate of drug-likeness (QED) is 0.599. The molecular formula is C11H14Cl2N2O5S. The van der Waals surface area contributed by atoms with E-state index in [1.165, 1.54) is 0 Å². The number of rotatable bonds is 6. The maximum absolute atomic E-state index is 12.2. The number of benzene rings is 1. The third-order valence-corrected chi connectivity index (χ3v) is 5.39. The van der Waals surface area contributed by atoms with Crippen molar-refractivity contribution in [3.63, 3.8) is 0 Å². The minimum absolute atomic E-state index is 0.210. The van der Waals surface area contributed by atoms with Gasteiger partial charge in [-0.1, -0.05) is 30.1 Å². The van der Waals surface area contributed by atoms with Crippen LogP contribution in [0.5, 0.6) is 0 Å². The topological polar surface area (TPSA) is 110 Å². The number of nitrogens with zero attached hydrogens (tertiary/aromatic N) is 1. The molecule has 0 fully saturated rings. The molecule has 0 saturated heterocycles. The number of halogens is 2. The number of sulfonamides is 1. The van der Waals surface area contributed by atoms with E-state index in [0.29, 0.717) is 0 Å². The van der Waals surface area contributed by atoms with E-state index in [0.717, 1.165) is 12.1 Å². The van der Waals surface area contributed by atoms with Crippen molar-refractivity contribution in [3.8, 4) is 0 Å². The van der Waals surface area contributed by atoms with E-state index < -0.39 is 36.6 Å². The normalized spacial score (nSPS) is 14.7. The van der Waals surface area contributed by atoms with Crippen LogP contribution >= 0.6 is 23.2 Å².